The van der Waals surface area contributed by atoms with Gasteiger partial charge in [-0.25, -0.2) is 0 Å². The fourth-order valence-corrected chi connectivity index (χ4v) is 4.19. The number of carbonyl (C=O) groups is 1. The molecular formula is C18H20O2. The Labute approximate surface area is 119 Å². The van der Waals surface area contributed by atoms with Gasteiger partial charge in [0.15, 0.2) is 5.78 Å². The maximum absolute atomic E-state index is 12.1. The van der Waals surface area contributed by atoms with Gasteiger partial charge in [-0.05, 0) is 30.6 Å². The second-order valence-corrected chi connectivity index (χ2v) is 6.29. The predicted molar refractivity (Wildman–Crippen MR) is 77.7 cm³/mol. The standard InChI is InChI=1S/C18H20O2/c19-16-11-12-18(14-8-6-5-7-13(14)16)15-9-3-1-2-4-10-17(15)20-18/h5-8,11-12,15,17H,1-4,9-10H2/t15-,17-,18?/m1/s1. The Morgan fingerprint density at radius 3 is 2.75 bits per heavy atom. The van der Waals surface area contributed by atoms with Gasteiger partial charge in [0.2, 0.25) is 0 Å². The van der Waals surface area contributed by atoms with Gasteiger partial charge in [-0.1, -0.05) is 49.9 Å². The van der Waals surface area contributed by atoms with Crippen molar-refractivity contribution >= 4 is 5.78 Å². The highest BCUT2D eigenvalue weighted by atomic mass is 16.5. The zero-order valence-electron chi connectivity index (χ0n) is 11.7. The number of ketones is 1. The van der Waals surface area contributed by atoms with Crippen LogP contribution >= 0.6 is 0 Å². The van der Waals surface area contributed by atoms with E-state index in [4.69, 9.17) is 4.74 Å². The molecule has 1 unspecified atom stereocenters. The molecule has 3 atom stereocenters. The fraction of sp³-hybridized carbons (Fsp3) is 0.500. The summed E-state index contributed by atoms with van der Waals surface area (Å²) in [6.07, 6.45) is 11.8. The summed E-state index contributed by atoms with van der Waals surface area (Å²) in [6.45, 7) is 0. The number of rotatable bonds is 0. The number of hydrogen-bond acceptors (Lipinski definition) is 2. The molecule has 0 aromatic heterocycles. The second kappa shape index (κ2) is 4.56. The van der Waals surface area contributed by atoms with Crippen LogP contribution in [0.3, 0.4) is 0 Å². The third-order valence-electron chi connectivity index (χ3n) is 5.20. The summed E-state index contributed by atoms with van der Waals surface area (Å²) in [4.78, 5) is 12.1. The minimum absolute atomic E-state index is 0.115. The Hall–Kier alpha value is -1.41. The summed E-state index contributed by atoms with van der Waals surface area (Å²) in [7, 11) is 0. The monoisotopic (exact) mass is 268 g/mol. The minimum atomic E-state index is -0.313. The van der Waals surface area contributed by atoms with Crippen molar-refractivity contribution in [3.63, 3.8) is 0 Å². The van der Waals surface area contributed by atoms with Crippen LogP contribution in [0.1, 0.15) is 54.4 Å². The van der Waals surface area contributed by atoms with Gasteiger partial charge in [0, 0.05) is 11.5 Å². The molecule has 2 aliphatic carbocycles. The molecule has 1 aromatic rings. The van der Waals surface area contributed by atoms with Crippen molar-refractivity contribution in [3.05, 3.63) is 47.5 Å². The molecule has 1 saturated heterocycles. The van der Waals surface area contributed by atoms with Gasteiger partial charge in [-0.3, -0.25) is 4.79 Å². The first kappa shape index (κ1) is 12.3. The van der Waals surface area contributed by atoms with Crippen LogP contribution in [-0.4, -0.2) is 11.9 Å². The van der Waals surface area contributed by atoms with Gasteiger partial charge in [0.1, 0.15) is 5.60 Å². The molecule has 1 aliphatic heterocycles. The molecule has 20 heavy (non-hydrogen) atoms. The Bertz CT molecular complexity index is 575. The van der Waals surface area contributed by atoms with Crippen LogP contribution in [0.4, 0.5) is 0 Å². The minimum Gasteiger partial charge on any atom is -0.362 e. The molecule has 1 spiro atoms. The third kappa shape index (κ3) is 1.64. The average Bonchev–Trinajstić information content (AvgIpc) is 2.45. The smallest absolute Gasteiger partial charge is 0.186 e. The quantitative estimate of drug-likeness (QED) is 0.711. The summed E-state index contributed by atoms with van der Waals surface area (Å²) >= 11 is 0. The molecule has 4 rings (SSSR count). The maximum atomic E-state index is 12.1. The highest BCUT2D eigenvalue weighted by Gasteiger charge is 2.56. The van der Waals surface area contributed by atoms with E-state index in [1.807, 2.05) is 24.3 Å². The topological polar surface area (TPSA) is 26.3 Å². The first-order chi connectivity index (χ1) is 9.81. The molecule has 2 nitrogen and oxygen atoms in total. The summed E-state index contributed by atoms with van der Waals surface area (Å²) in [6, 6.07) is 7.97. The number of fused-ring (bicyclic) bond motifs is 4. The van der Waals surface area contributed by atoms with E-state index >= 15 is 0 Å². The van der Waals surface area contributed by atoms with Crippen molar-refractivity contribution in [2.24, 2.45) is 5.92 Å². The number of ether oxygens (including phenoxy) is 1. The zero-order valence-corrected chi connectivity index (χ0v) is 11.7. The molecule has 1 aromatic carbocycles. The molecule has 0 radical (unpaired) electrons. The Morgan fingerprint density at radius 1 is 1.05 bits per heavy atom. The Kier molecular flexibility index (Phi) is 2.81. The van der Waals surface area contributed by atoms with E-state index in [2.05, 4.69) is 6.07 Å². The molecule has 104 valence electrons. The molecule has 3 aliphatic rings. The van der Waals surface area contributed by atoms with Gasteiger partial charge < -0.3 is 4.74 Å². The number of allylic oxidation sites excluding steroid dienone is 1. The first-order valence-electron chi connectivity index (χ1n) is 7.82. The molecule has 0 amide bonds. The van der Waals surface area contributed by atoms with Crippen LogP contribution in [0.25, 0.3) is 0 Å². The van der Waals surface area contributed by atoms with E-state index in [-0.39, 0.29) is 11.4 Å². The lowest BCUT2D eigenvalue weighted by atomic mass is 9.65. The molecule has 2 heteroatoms. The molecular weight excluding hydrogens is 248 g/mol. The summed E-state index contributed by atoms with van der Waals surface area (Å²) in [5, 5.41) is 0. The second-order valence-electron chi connectivity index (χ2n) is 6.29. The summed E-state index contributed by atoms with van der Waals surface area (Å²) in [5.41, 5.74) is 1.61. The van der Waals surface area contributed by atoms with Gasteiger partial charge in [0.25, 0.3) is 0 Å². The molecule has 0 bridgehead atoms. The highest BCUT2D eigenvalue weighted by molar-refractivity contribution is 6.07. The number of benzene rings is 1. The van der Waals surface area contributed by atoms with Gasteiger partial charge >= 0.3 is 0 Å². The number of carbonyl (C=O) groups excluding carboxylic acids is 1. The third-order valence-corrected chi connectivity index (χ3v) is 5.20. The van der Waals surface area contributed by atoms with Gasteiger partial charge in [-0.2, -0.15) is 0 Å². The van der Waals surface area contributed by atoms with Crippen LogP contribution in [-0.2, 0) is 10.3 Å². The van der Waals surface area contributed by atoms with Crippen LogP contribution in [0, 0.1) is 5.92 Å². The van der Waals surface area contributed by atoms with Crippen molar-refractivity contribution in [2.75, 3.05) is 0 Å². The van der Waals surface area contributed by atoms with Crippen LogP contribution in [0.15, 0.2) is 36.4 Å². The van der Waals surface area contributed by atoms with Crippen LogP contribution < -0.4 is 0 Å². The Morgan fingerprint density at radius 2 is 1.85 bits per heavy atom. The van der Waals surface area contributed by atoms with E-state index in [1.165, 1.54) is 38.5 Å². The van der Waals surface area contributed by atoms with E-state index < -0.39 is 0 Å². The van der Waals surface area contributed by atoms with E-state index in [0.717, 1.165) is 11.1 Å². The largest absolute Gasteiger partial charge is 0.362 e. The normalized spacial score (nSPS) is 35.7. The maximum Gasteiger partial charge on any atom is 0.186 e. The van der Waals surface area contributed by atoms with Crippen molar-refractivity contribution in [2.45, 2.75) is 50.2 Å². The van der Waals surface area contributed by atoms with Crippen LogP contribution in [0.5, 0.6) is 0 Å². The SMILES string of the molecule is O=C1C=CC2(O[C@@H]3CCCCCC[C@H]32)c2ccccc21. The van der Waals surface area contributed by atoms with E-state index in [1.54, 1.807) is 6.08 Å². The van der Waals surface area contributed by atoms with Gasteiger partial charge in [0.05, 0.1) is 6.10 Å². The first-order valence-corrected chi connectivity index (χ1v) is 7.82. The van der Waals surface area contributed by atoms with E-state index in [0.29, 0.717) is 12.0 Å². The van der Waals surface area contributed by atoms with Crippen molar-refractivity contribution < 1.29 is 9.53 Å². The number of hydrogen-bond donors (Lipinski definition) is 0. The van der Waals surface area contributed by atoms with Crippen molar-refractivity contribution in [1.82, 2.24) is 0 Å². The van der Waals surface area contributed by atoms with Gasteiger partial charge in [-0.15, -0.1) is 0 Å². The van der Waals surface area contributed by atoms with Crippen molar-refractivity contribution in [1.29, 1.82) is 0 Å². The van der Waals surface area contributed by atoms with E-state index in [9.17, 15) is 4.79 Å². The summed E-state index contributed by atoms with van der Waals surface area (Å²) in [5.74, 6) is 0.664. The summed E-state index contributed by atoms with van der Waals surface area (Å²) < 4.78 is 6.34. The molecule has 1 saturated carbocycles. The molecule has 0 N–H and O–H groups in total. The highest BCUT2D eigenvalue weighted by Crippen LogP contribution is 2.54. The lowest BCUT2D eigenvalue weighted by Gasteiger charge is -2.56. The van der Waals surface area contributed by atoms with Crippen LogP contribution in [0.2, 0.25) is 0 Å². The molecule has 2 fully saturated rings. The average molecular weight is 268 g/mol. The Balaban J connectivity index is 1.74. The molecule has 1 heterocycles. The van der Waals surface area contributed by atoms with Crippen molar-refractivity contribution in [3.8, 4) is 0 Å². The zero-order chi connectivity index (χ0) is 13.6. The predicted octanol–water partition coefficient (Wildman–Crippen LogP) is 4.00. The lowest BCUT2D eigenvalue weighted by molar-refractivity contribution is -0.248. The fourth-order valence-electron chi connectivity index (χ4n) is 4.19. The lowest BCUT2D eigenvalue weighted by Crippen LogP contribution is -2.58.